The Morgan fingerprint density at radius 3 is 2.35 bits per heavy atom. The summed E-state index contributed by atoms with van der Waals surface area (Å²) < 4.78 is 6.80. The molecular formula is C22H19IN4O4. The Hall–Kier alpha value is -3.47. The number of benzene rings is 3. The van der Waals surface area contributed by atoms with Gasteiger partial charge in [-0.05, 0) is 94.4 Å². The fourth-order valence-electron chi connectivity index (χ4n) is 2.50. The first-order valence-corrected chi connectivity index (χ1v) is 10.3. The lowest BCUT2D eigenvalue weighted by molar-refractivity contribution is -0.384. The number of carbonyl (C=O) groups is 1. The SMILES string of the molecule is O=C(CNc1ccc(I)cc1)N/N=C\c1ccc(OCc2ccc([N+](=O)[O-])cc2)cc1. The van der Waals surface area contributed by atoms with E-state index in [-0.39, 0.29) is 18.1 Å². The molecule has 3 aromatic carbocycles. The molecule has 3 rings (SSSR count). The minimum atomic E-state index is -0.437. The summed E-state index contributed by atoms with van der Waals surface area (Å²) in [6.45, 7) is 0.419. The number of nitrogens with zero attached hydrogens (tertiary/aromatic N) is 2. The van der Waals surface area contributed by atoms with Gasteiger partial charge in [0.25, 0.3) is 11.6 Å². The molecule has 0 saturated heterocycles. The van der Waals surface area contributed by atoms with Crippen LogP contribution in [0.3, 0.4) is 0 Å². The molecule has 158 valence electrons. The highest BCUT2D eigenvalue weighted by atomic mass is 127. The van der Waals surface area contributed by atoms with Gasteiger partial charge < -0.3 is 10.1 Å². The van der Waals surface area contributed by atoms with Crippen LogP contribution in [0.4, 0.5) is 11.4 Å². The summed E-state index contributed by atoms with van der Waals surface area (Å²) in [6.07, 6.45) is 1.54. The molecule has 9 heteroatoms. The Labute approximate surface area is 192 Å². The average Bonchev–Trinajstić information content (AvgIpc) is 2.78. The van der Waals surface area contributed by atoms with Crippen molar-refractivity contribution in [2.24, 2.45) is 5.10 Å². The van der Waals surface area contributed by atoms with E-state index >= 15 is 0 Å². The molecule has 0 spiro atoms. The Morgan fingerprint density at radius 1 is 1.03 bits per heavy atom. The number of ether oxygens (including phenoxy) is 1. The number of nitro benzene ring substituents is 1. The Morgan fingerprint density at radius 2 is 1.71 bits per heavy atom. The van der Waals surface area contributed by atoms with Crippen molar-refractivity contribution in [3.8, 4) is 5.75 Å². The zero-order valence-electron chi connectivity index (χ0n) is 16.3. The second-order valence-electron chi connectivity index (χ2n) is 6.43. The number of nitro groups is 1. The number of nitrogens with one attached hydrogen (secondary N) is 2. The van der Waals surface area contributed by atoms with Gasteiger partial charge in [-0.25, -0.2) is 5.43 Å². The second-order valence-corrected chi connectivity index (χ2v) is 7.68. The maximum atomic E-state index is 11.9. The zero-order valence-corrected chi connectivity index (χ0v) is 18.5. The van der Waals surface area contributed by atoms with E-state index in [1.54, 1.807) is 30.5 Å². The summed E-state index contributed by atoms with van der Waals surface area (Å²) >= 11 is 2.22. The highest BCUT2D eigenvalue weighted by Crippen LogP contribution is 2.16. The molecule has 0 radical (unpaired) electrons. The van der Waals surface area contributed by atoms with Crippen molar-refractivity contribution in [1.82, 2.24) is 5.43 Å². The summed E-state index contributed by atoms with van der Waals surface area (Å²) in [6, 6.07) is 21.1. The molecule has 0 aliphatic carbocycles. The highest BCUT2D eigenvalue weighted by Gasteiger charge is 2.04. The van der Waals surface area contributed by atoms with Crippen LogP contribution in [0.1, 0.15) is 11.1 Å². The fraction of sp³-hybridized carbons (Fsp3) is 0.0909. The third kappa shape index (κ3) is 7.37. The third-order valence-corrected chi connectivity index (χ3v) is 4.85. The smallest absolute Gasteiger partial charge is 0.269 e. The van der Waals surface area contributed by atoms with Crippen LogP contribution in [-0.4, -0.2) is 23.6 Å². The highest BCUT2D eigenvalue weighted by molar-refractivity contribution is 14.1. The van der Waals surface area contributed by atoms with Gasteiger partial charge in [-0.3, -0.25) is 14.9 Å². The Kier molecular flexibility index (Phi) is 7.93. The molecule has 0 heterocycles. The molecule has 0 aliphatic heterocycles. The van der Waals surface area contributed by atoms with Gasteiger partial charge in [0.1, 0.15) is 12.4 Å². The molecule has 2 N–H and O–H groups in total. The van der Waals surface area contributed by atoms with Crippen LogP contribution in [-0.2, 0) is 11.4 Å². The standard InChI is InChI=1S/C22H19IN4O4/c23-18-5-7-19(8-6-18)24-14-22(28)26-25-13-16-3-11-21(12-4-16)31-15-17-1-9-20(10-2-17)27(29)30/h1-13,24H,14-15H2,(H,26,28)/b25-13-. The number of anilines is 1. The van der Waals surface area contributed by atoms with Crippen LogP contribution in [0.5, 0.6) is 5.75 Å². The van der Waals surface area contributed by atoms with Crippen molar-refractivity contribution in [3.05, 3.63) is 97.6 Å². The summed E-state index contributed by atoms with van der Waals surface area (Å²) in [5, 5.41) is 17.7. The normalized spacial score (nSPS) is 10.6. The minimum Gasteiger partial charge on any atom is -0.489 e. The minimum absolute atomic E-state index is 0.0464. The number of halogens is 1. The van der Waals surface area contributed by atoms with Crippen molar-refractivity contribution in [3.63, 3.8) is 0 Å². The number of hydrazone groups is 1. The van der Waals surface area contributed by atoms with E-state index in [1.807, 2.05) is 36.4 Å². The van der Waals surface area contributed by atoms with Crippen LogP contribution in [0.25, 0.3) is 0 Å². The summed E-state index contributed by atoms with van der Waals surface area (Å²) in [7, 11) is 0. The number of rotatable bonds is 9. The van der Waals surface area contributed by atoms with E-state index < -0.39 is 4.92 Å². The van der Waals surface area contributed by atoms with E-state index in [2.05, 4.69) is 38.4 Å². The van der Waals surface area contributed by atoms with Crippen molar-refractivity contribution in [2.45, 2.75) is 6.61 Å². The summed E-state index contributed by atoms with van der Waals surface area (Å²) in [5.74, 6) is 0.402. The molecule has 1 amide bonds. The lowest BCUT2D eigenvalue weighted by atomic mass is 10.2. The first-order valence-electron chi connectivity index (χ1n) is 9.27. The van der Waals surface area contributed by atoms with Crippen LogP contribution in [0, 0.1) is 13.7 Å². The fourth-order valence-corrected chi connectivity index (χ4v) is 2.86. The Bertz CT molecular complexity index is 1050. The third-order valence-electron chi connectivity index (χ3n) is 4.13. The second kappa shape index (κ2) is 11.1. The monoisotopic (exact) mass is 530 g/mol. The van der Waals surface area contributed by atoms with Gasteiger partial charge in [-0.2, -0.15) is 5.10 Å². The van der Waals surface area contributed by atoms with E-state index in [9.17, 15) is 14.9 Å². The molecule has 8 nitrogen and oxygen atoms in total. The van der Waals surface area contributed by atoms with Crippen molar-refractivity contribution in [2.75, 3.05) is 11.9 Å². The van der Waals surface area contributed by atoms with Crippen LogP contribution >= 0.6 is 22.6 Å². The molecule has 0 saturated carbocycles. The van der Waals surface area contributed by atoms with Crippen molar-refractivity contribution in [1.29, 1.82) is 0 Å². The topological polar surface area (TPSA) is 106 Å². The predicted molar refractivity (Wildman–Crippen MR) is 127 cm³/mol. The van der Waals surface area contributed by atoms with Crippen molar-refractivity contribution >= 4 is 46.1 Å². The van der Waals surface area contributed by atoms with E-state index in [4.69, 9.17) is 4.74 Å². The molecule has 0 aliphatic rings. The molecular weight excluding hydrogens is 511 g/mol. The lowest BCUT2D eigenvalue weighted by Gasteiger charge is -2.06. The van der Waals surface area contributed by atoms with E-state index in [0.717, 1.165) is 20.4 Å². The molecule has 0 bridgehead atoms. The van der Waals surface area contributed by atoms with E-state index in [0.29, 0.717) is 12.4 Å². The predicted octanol–water partition coefficient (Wildman–Crippen LogP) is 4.34. The number of non-ortho nitro benzene ring substituents is 1. The first-order chi connectivity index (χ1) is 15.0. The largest absolute Gasteiger partial charge is 0.489 e. The summed E-state index contributed by atoms with van der Waals surface area (Å²) in [5.41, 5.74) is 5.02. The molecule has 0 aromatic heterocycles. The molecule has 0 fully saturated rings. The van der Waals surface area contributed by atoms with Crippen LogP contribution in [0.2, 0.25) is 0 Å². The molecule has 31 heavy (non-hydrogen) atoms. The number of hydrogen-bond donors (Lipinski definition) is 2. The molecule has 0 atom stereocenters. The summed E-state index contributed by atoms with van der Waals surface area (Å²) in [4.78, 5) is 22.1. The molecule has 3 aromatic rings. The van der Waals surface area contributed by atoms with Crippen molar-refractivity contribution < 1.29 is 14.5 Å². The maximum absolute atomic E-state index is 11.9. The Balaban J connectivity index is 1.41. The lowest BCUT2D eigenvalue weighted by Crippen LogP contribution is -2.25. The average molecular weight is 530 g/mol. The van der Waals surface area contributed by atoms with Gasteiger partial charge in [0.2, 0.25) is 0 Å². The number of amides is 1. The number of carbonyl (C=O) groups excluding carboxylic acids is 1. The maximum Gasteiger partial charge on any atom is 0.269 e. The van der Waals surface area contributed by atoms with Gasteiger partial charge in [0, 0.05) is 21.4 Å². The van der Waals surface area contributed by atoms with Crippen LogP contribution in [0.15, 0.2) is 77.9 Å². The van der Waals surface area contributed by atoms with Gasteiger partial charge in [-0.15, -0.1) is 0 Å². The number of hydrogen-bond acceptors (Lipinski definition) is 6. The molecule has 0 unspecified atom stereocenters. The first kappa shape index (κ1) is 22.2. The van der Waals surface area contributed by atoms with Gasteiger partial charge >= 0.3 is 0 Å². The van der Waals surface area contributed by atoms with Crippen LogP contribution < -0.4 is 15.5 Å². The van der Waals surface area contributed by atoms with Gasteiger partial charge in [-0.1, -0.05) is 0 Å². The van der Waals surface area contributed by atoms with Gasteiger partial charge in [0.05, 0.1) is 17.7 Å². The van der Waals surface area contributed by atoms with E-state index in [1.165, 1.54) is 12.1 Å². The quantitative estimate of drug-likeness (QED) is 0.185. The van der Waals surface area contributed by atoms with Gasteiger partial charge in [0.15, 0.2) is 0 Å². The zero-order chi connectivity index (χ0) is 22.1.